The summed E-state index contributed by atoms with van der Waals surface area (Å²) in [6, 6.07) is 0. The molecule has 4 heteroatoms. The van der Waals surface area contributed by atoms with E-state index in [-0.39, 0.29) is 6.10 Å². The summed E-state index contributed by atoms with van der Waals surface area (Å²) in [7, 11) is 0. The van der Waals surface area contributed by atoms with Gasteiger partial charge in [-0.25, -0.2) is 0 Å². The van der Waals surface area contributed by atoms with Gasteiger partial charge in [-0.05, 0) is 13.3 Å². The van der Waals surface area contributed by atoms with Crippen molar-refractivity contribution in [3.05, 3.63) is 0 Å². The first-order valence-corrected chi connectivity index (χ1v) is 3.51. The molecule has 1 heterocycles. The Bertz CT molecular complexity index is 103. The highest BCUT2D eigenvalue weighted by Gasteiger charge is 2.14. The van der Waals surface area contributed by atoms with Gasteiger partial charge in [0, 0.05) is 0 Å². The monoisotopic (exact) mass is 136 g/mol. The molecular weight excluding hydrogens is 128 g/mol. The van der Waals surface area contributed by atoms with Crippen molar-refractivity contribution >= 4 is 11.4 Å². The predicted octanol–water partition coefficient (Wildman–Crippen LogP) is 0.391. The largest absolute Gasteiger partial charge is 0.304 e. The fourth-order valence-corrected chi connectivity index (χ4v) is 1.14. The van der Waals surface area contributed by atoms with Gasteiger partial charge in [0.25, 0.3) is 0 Å². The predicted molar refractivity (Wildman–Crippen MR) is 29.3 cm³/mol. The Morgan fingerprint density at radius 1 is 1.75 bits per heavy atom. The zero-order valence-corrected chi connectivity index (χ0v) is 5.44. The van der Waals surface area contributed by atoms with E-state index in [4.69, 9.17) is 4.18 Å². The minimum Gasteiger partial charge on any atom is -0.268 e. The molecule has 0 aromatic carbocycles. The van der Waals surface area contributed by atoms with Gasteiger partial charge in [-0.3, -0.25) is 8.37 Å². The molecule has 0 bridgehead atoms. The molecule has 0 unspecified atom stereocenters. The molecule has 0 N–H and O–H groups in total. The second-order valence-corrected chi connectivity index (χ2v) is 2.56. The fourth-order valence-electron chi connectivity index (χ4n) is 0.492. The van der Waals surface area contributed by atoms with Gasteiger partial charge >= 0.3 is 11.4 Å². The second-order valence-electron chi connectivity index (χ2n) is 1.72. The van der Waals surface area contributed by atoms with Crippen LogP contribution in [0.2, 0.25) is 0 Å². The quantitative estimate of drug-likeness (QED) is 0.483. The summed E-state index contributed by atoms with van der Waals surface area (Å²) in [5, 5.41) is 0. The van der Waals surface area contributed by atoms with Crippen LogP contribution in [0.15, 0.2) is 0 Å². The third-order valence-electron chi connectivity index (χ3n) is 0.947. The molecule has 2 atom stereocenters. The van der Waals surface area contributed by atoms with Crippen LogP contribution in [0.4, 0.5) is 0 Å². The van der Waals surface area contributed by atoms with Crippen molar-refractivity contribution in [3.63, 3.8) is 0 Å². The number of hydrogen-bond donors (Lipinski definition) is 0. The van der Waals surface area contributed by atoms with Gasteiger partial charge in [0.15, 0.2) is 0 Å². The zero-order chi connectivity index (χ0) is 5.98. The Labute approximate surface area is 50.8 Å². The fraction of sp³-hybridized carbons (Fsp3) is 1.00. The maximum Gasteiger partial charge on any atom is 0.304 e. The van der Waals surface area contributed by atoms with E-state index in [0.29, 0.717) is 6.61 Å². The van der Waals surface area contributed by atoms with Crippen LogP contribution in [-0.2, 0) is 19.7 Å². The van der Waals surface area contributed by atoms with Crippen molar-refractivity contribution in [2.45, 2.75) is 19.4 Å². The standard InChI is InChI=1S/C4H8O3S/c1-4-2-3-6-8(5)7-4/h4H,2-3H2,1H3/t4-,8+/m0/s1. The zero-order valence-electron chi connectivity index (χ0n) is 4.62. The Morgan fingerprint density at radius 3 is 2.88 bits per heavy atom. The molecule has 0 saturated carbocycles. The molecule has 3 nitrogen and oxygen atoms in total. The normalized spacial score (nSPS) is 39.6. The molecule has 8 heavy (non-hydrogen) atoms. The molecule has 1 saturated heterocycles. The first kappa shape index (κ1) is 6.19. The van der Waals surface area contributed by atoms with Crippen LogP contribution in [0.5, 0.6) is 0 Å². The lowest BCUT2D eigenvalue weighted by atomic mass is 10.3. The van der Waals surface area contributed by atoms with E-state index in [1.165, 1.54) is 0 Å². The van der Waals surface area contributed by atoms with Crippen LogP contribution >= 0.6 is 0 Å². The lowest BCUT2D eigenvalue weighted by molar-refractivity contribution is 0.125. The van der Waals surface area contributed by atoms with Gasteiger partial charge in [-0.15, -0.1) is 0 Å². The van der Waals surface area contributed by atoms with E-state index in [1.54, 1.807) is 0 Å². The van der Waals surface area contributed by atoms with E-state index >= 15 is 0 Å². The molecule has 0 aliphatic carbocycles. The van der Waals surface area contributed by atoms with Crippen molar-refractivity contribution < 1.29 is 12.6 Å². The topological polar surface area (TPSA) is 35.5 Å². The molecule has 0 spiro atoms. The third-order valence-corrected chi connectivity index (χ3v) is 1.79. The van der Waals surface area contributed by atoms with Gasteiger partial charge in [0.2, 0.25) is 0 Å². The van der Waals surface area contributed by atoms with Gasteiger partial charge in [-0.2, -0.15) is 4.21 Å². The van der Waals surface area contributed by atoms with Crippen molar-refractivity contribution in [2.24, 2.45) is 0 Å². The van der Waals surface area contributed by atoms with Gasteiger partial charge in [0.1, 0.15) is 0 Å². The molecule has 1 aliphatic rings. The van der Waals surface area contributed by atoms with Crippen LogP contribution < -0.4 is 0 Å². The Kier molecular flexibility index (Phi) is 1.99. The van der Waals surface area contributed by atoms with E-state index < -0.39 is 11.4 Å². The van der Waals surface area contributed by atoms with E-state index in [9.17, 15) is 4.21 Å². The molecule has 1 aliphatic heterocycles. The van der Waals surface area contributed by atoms with Crippen LogP contribution in [0.25, 0.3) is 0 Å². The molecular formula is C4H8O3S. The van der Waals surface area contributed by atoms with Crippen molar-refractivity contribution in [1.82, 2.24) is 0 Å². The molecule has 1 fully saturated rings. The lowest BCUT2D eigenvalue weighted by Gasteiger charge is -2.15. The maximum atomic E-state index is 10.3. The SMILES string of the molecule is C[C@H]1CCO[S@@](=O)O1. The molecule has 0 amide bonds. The molecule has 0 aromatic rings. The summed E-state index contributed by atoms with van der Waals surface area (Å²) < 4.78 is 19.7. The summed E-state index contributed by atoms with van der Waals surface area (Å²) in [4.78, 5) is 0. The first-order chi connectivity index (χ1) is 3.79. The van der Waals surface area contributed by atoms with E-state index in [0.717, 1.165) is 6.42 Å². The van der Waals surface area contributed by atoms with Crippen LogP contribution in [0, 0.1) is 0 Å². The van der Waals surface area contributed by atoms with Gasteiger partial charge < -0.3 is 0 Å². The van der Waals surface area contributed by atoms with E-state index in [1.807, 2.05) is 6.92 Å². The lowest BCUT2D eigenvalue weighted by Crippen LogP contribution is -2.21. The van der Waals surface area contributed by atoms with Crippen LogP contribution in [0.3, 0.4) is 0 Å². The molecule has 0 radical (unpaired) electrons. The van der Waals surface area contributed by atoms with Crippen molar-refractivity contribution in [2.75, 3.05) is 6.61 Å². The van der Waals surface area contributed by atoms with E-state index in [2.05, 4.69) is 4.18 Å². The smallest absolute Gasteiger partial charge is 0.268 e. The van der Waals surface area contributed by atoms with Crippen LogP contribution in [0.1, 0.15) is 13.3 Å². The average Bonchev–Trinajstić information content (AvgIpc) is 1.64. The summed E-state index contributed by atoms with van der Waals surface area (Å²) in [5.74, 6) is 0. The van der Waals surface area contributed by atoms with Gasteiger partial charge in [-0.1, -0.05) is 0 Å². The minimum absolute atomic E-state index is 0.0876. The highest BCUT2D eigenvalue weighted by Crippen LogP contribution is 2.08. The van der Waals surface area contributed by atoms with Crippen molar-refractivity contribution in [1.29, 1.82) is 0 Å². The highest BCUT2D eigenvalue weighted by molar-refractivity contribution is 7.75. The molecule has 1 rings (SSSR count). The first-order valence-electron chi connectivity index (χ1n) is 2.51. The summed E-state index contributed by atoms with van der Waals surface area (Å²) in [6.07, 6.45) is 0.927. The van der Waals surface area contributed by atoms with Gasteiger partial charge in [0.05, 0.1) is 12.7 Å². The Balaban J connectivity index is 2.34. The highest BCUT2D eigenvalue weighted by atomic mass is 32.2. The minimum atomic E-state index is -1.47. The third kappa shape index (κ3) is 1.54. The number of hydrogen-bond acceptors (Lipinski definition) is 3. The summed E-state index contributed by atoms with van der Waals surface area (Å²) in [5.41, 5.74) is 0. The maximum absolute atomic E-state index is 10.3. The van der Waals surface area contributed by atoms with Crippen LogP contribution in [-0.4, -0.2) is 16.9 Å². The summed E-state index contributed by atoms with van der Waals surface area (Å²) in [6.45, 7) is 2.42. The molecule has 48 valence electrons. The molecule has 0 aromatic heterocycles. The Morgan fingerprint density at radius 2 is 2.50 bits per heavy atom. The number of rotatable bonds is 0. The Hall–Kier alpha value is 0.0700. The average molecular weight is 136 g/mol. The van der Waals surface area contributed by atoms with Crippen molar-refractivity contribution in [3.8, 4) is 0 Å². The summed E-state index contributed by atoms with van der Waals surface area (Å²) >= 11 is -1.47. The second kappa shape index (κ2) is 2.57.